The number of rotatable bonds is 4. The van der Waals surface area contributed by atoms with Crippen molar-refractivity contribution < 1.29 is 4.79 Å². The van der Waals surface area contributed by atoms with Crippen LogP contribution in [-0.2, 0) is 7.05 Å². The third kappa shape index (κ3) is 2.53. The molecular weight excluding hydrogens is 278 g/mol. The van der Waals surface area contributed by atoms with Crippen LogP contribution in [0.3, 0.4) is 0 Å². The lowest BCUT2D eigenvalue weighted by Crippen LogP contribution is -2.40. The average Bonchev–Trinajstić information content (AvgIpc) is 3.37. The molecule has 2 saturated carbocycles. The number of carbonyl (C=O) groups is 1. The van der Waals surface area contributed by atoms with Crippen LogP contribution in [0.1, 0.15) is 31.4 Å². The minimum atomic E-state index is -0.119. The number of nitrogens with zero attached hydrogens (tertiary/aromatic N) is 3. The molecule has 0 spiro atoms. The van der Waals surface area contributed by atoms with Crippen LogP contribution in [0.5, 0.6) is 0 Å². The molecule has 22 heavy (non-hydrogen) atoms. The smallest absolute Gasteiger partial charge is 0.319 e. The molecule has 0 aromatic carbocycles. The monoisotopic (exact) mass is 299 g/mol. The van der Waals surface area contributed by atoms with E-state index in [0.29, 0.717) is 23.6 Å². The molecule has 0 atom stereocenters. The van der Waals surface area contributed by atoms with Gasteiger partial charge in [0.2, 0.25) is 0 Å². The molecule has 2 N–H and O–H groups in total. The zero-order chi connectivity index (χ0) is 15.3. The summed E-state index contributed by atoms with van der Waals surface area (Å²) >= 11 is 0. The van der Waals surface area contributed by atoms with Crippen molar-refractivity contribution >= 4 is 22.8 Å². The van der Waals surface area contributed by atoms with E-state index < -0.39 is 0 Å². The van der Waals surface area contributed by atoms with E-state index in [4.69, 9.17) is 0 Å². The third-order valence-corrected chi connectivity index (χ3v) is 4.68. The number of carbonyl (C=O) groups excluding carboxylic acids is 1. The van der Waals surface area contributed by atoms with Crippen LogP contribution in [0.4, 0.5) is 10.5 Å². The second-order valence-corrected chi connectivity index (χ2v) is 6.60. The molecule has 2 heterocycles. The van der Waals surface area contributed by atoms with Gasteiger partial charge in [-0.15, -0.1) is 0 Å². The lowest BCUT2D eigenvalue weighted by Gasteiger charge is -2.18. The number of fused-ring (bicyclic) bond motifs is 1. The maximum absolute atomic E-state index is 12.2. The minimum absolute atomic E-state index is 0.119. The summed E-state index contributed by atoms with van der Waals surface area (Å²) in [5, 5.41) is 11.4. The predicted molar refractivity (Wildman–Crippen MR) is 84.6 cm³/mol. The molecule has 2 aliphatic carbocycles. The Hall–Kier alpha value is -2.11. The van der Waals surface area contributed by atoms with E-state index in [1.54, 1.807) is 10.9 Å². The van der Waals surface area contributed by atoms with Crippen LogP contribution in [0.25, 0.3) is 11.0 Å². The van der Waals surface area contributed by atoms with Crippen molar-refractivity contribution in [3.8, 4) is 0 Å². The number of hydrogen-bond acceptors (Lipinski definition) is 3. The summed E-state index contributed by atoms with van der Waals surface area (Å²) in [5.74, 6) is 1.39. The molecule has 116 valence electrons. The molecular formula is C16H21N5O. The van der Waals surface area contributed by atoms with Crippen molar-refractivity contribution in [3.05, 3.63) is 18.0 Å². The van der Waals surface area contributed by atoms with Gasteiger partial charge in [0.25, 0.3) is 0 Å². The highest BCUT2D eigenvalue weighted by molar-refractivity contribution is 5.92. The van der Waals surface area contributed by atoms with Gasteiger partial charge in [-0.1, -0.05) is 0 Å². The molecule has 4 rings (SSSR count). The topological polar surface area (TPSA) is 71.8 Å². The number of pyridine rings is 1. The average molecular weight is 299 g/mol. The normalized spacial score (nSPS) is 18.0. The summed E-state index contributed by atoms with van der Waals surface area (Å²) in [5.41, 5.74) is 2.46. The Morgan fingerprint density at radius 1 is 1.32 bits per heavy atom. The first kappa shape index (κ1) is 13.5. The van der Waals surface area contributed by atoms with Gasteiger partial charge in [0.1, 0.15) is 0 Å². The molecule has 6 nitrogen and oxygen atoms in total. The lowest BCUT2D eigenvalue weighted by atomic mass is 10.1. The molecule has 6 heteroatoms. The highest BCUT2D eigenvalue weighted by Crippen LogP contribution is 2.44. The van der Waals surface area contributed by atoms with Crippen molar-refractivity contribution in [1.29, 1.82) is 0 Å². The first-order chi connectivity index (χ1) is 10.6. The van der Waals surface area contributed by atoms with Gasteiger partial charge in [-0.3, -0.25) is 4.68 Å². The molecule has 2 amide bonds. The largest absolute Gasteiger partial charge is 0.335 e. The van der Waals surface area contributed by atoms with Crippen LogP contribution in [0, 0.1) is 18.8 Å². The Morgan fingerprint density at radius 2 is 2.00 bits per heavy atom. The Labute approximate surface area is 129 Å². The SMILES string of the molecule is Cc1nn(C)c2ncc(NC(=O)NC(C3CC3)C3CC3)cc12. The van der Waals surface area contributed by atoms with Gasteiger partial charge in [-0.25, -0.2) is 9.78 Å². The maximum atomic E-state index is 12.2. The zero-order valence-corrected chi connectivity index (χ0v) is 13.0. The summed E-state index contributed by atoms with van der Waals surface area (Å²) in [6, 6.07) is 2.18. The molecule has 0 bridgehead atoms. The molecule has 0 unspecified atom stereocenters. The van der Waals surface area contributed by atoms with Crippen molar-refractivity contribution in [2.24, 2.45) is 18.9 Å². The number of urea groups is 1. The van der Waals surface area contributed by atoms with E-state index in [9.17, 15) is 4.79 Å². The third-order valence-electron chi connectivity index (χ3n) is 4.68. The van der Waals surface area contributed by atoms with Gasteiger partial charge in [-0.05, 0) is 50.5 Å². The van der Waals surface area contributed by atoms with Crippen LogP contribution in [-0.4, -0.2) is 26.8 Å². The van der Waals surface area contributed by atoms with Crippen LogP contribution < -0.4 is 10.6 Å². The summed E-state index contributed by atoms with van der Waals surface area (Å²) in [6.45, 7) is 1.95. The Bertz CT molecular complexity index is 717. The first-order valence-corrected chi connectivity index (χ1v) is 7.98. The van der Waals surface area contributed by atoms with E-state index in [0.717, 1.165) is 16.7 Å². The fourth-order valence-electron chi connectivity index (χ4n) is 3.23. The number of nitrogens with one attached hydrogen (secondary N) is 2. The van der Waals surface area contributed by atoms with Gasteiger partial charge in [0, 0.05) is 18.5 Å². The summed E-state index contributed by atoms with van der Waals surface area (Å²) < 4.78 is 1.75. The Kier molecular flexibility index (Phi) is 3.06. The minimum Gasteiger partial charge on any atom is -0.335 e. The van der Waals surface area contributed by atoms with Crippen molar-refractivity contribution in [1.82, 2.24) is 20.1 Å². The van der Waals surface area contributed by atoms with Gasteiger partial charge in [0.05, 0.1) is 17.6 Å². The molecule has 0 aliphatic heterocycles. The molecule has 2 aromatic heterocycles. The van der Waals surface area contributed by atoms with E-state index >= 15 is 0 Å². The standard InChI is InChI=1S/C16H21N5O/c1-9-13-7-12(8-17-15(13)21(2)20-9)18-16(22)19-14(10-3-4-10)11-5-6-11/h7-8,10-11,14H,3-6H2,1-2H3,(H2,18,19,22). The second-order valence-electron chi connectivity index (χ2n) is 6.60. The molecule has 0 saturated heterocycles. The van der Waals surface area contributed by atoms with E-state index in [1.165, 1.54) is 25.7 Å². The van der Waals surface area contributed by atoms with E-state index in [2.05, 4.69) is 20.7 Å². The fourth-order valence-corrected chi connectivity index (χ4v) is 3.23. The second kappa shape index (κ2) is 4.97. The summed E-state index contributed by atoms with van der Waals surface area (Å²) in [6.07, 6.45) is 6.70. The van der Waals surface area contributed by atoms with Gasteiger partial charge >= 0.3 is 6.03 Å². The van der Waals surface area contributed by atoms with Crippen LogP contribution in [0.2, 0.25) is 0 Å². The number of aromatic nitrogens is 3. The molecule has 2 fully saturated rings. The van der Waals surface area contributed by atoms with Gasteiger partial charge < -0.3 is 10.6 Å². The highest BCUT2D eigenvalue weighted by atomic mass is 16.2. The lowest BCUT2D eigenvalue weighted by molar-refractivity contribution is 0.245. The number of hydrogen-bond donors (Lipinski definition) is 2. The molecule has 0 radical (unpaired) electrons. The van der Waals surface area contributed by atoms with Crippen LogP contribution >= 0.6 is 0 Å². The van der Waals surface area contributed by atoms with Gasteiger partial charge in [0.15, 0.2) is 5.65 Å². The molecule has 2 aromatic rings. The highest BCUT2D eigenvalue weighted by Gasteiger charge is 2.42. The van der Waals surface area contributed by atoms with E-state index in [1.807, 2.05) is 20.0 Å². The number of anilines is 1. The van der Waals surface area contributed by atoms with Crippen molar-refractivity contribution in [2.75, 3.05) is 5.32 Å². The van der Waals surface area contributed by atoms with Crippen molar-refractivity contribution in [3.63, 3.8) is 0 Å². The molecule has 2 aliphatic rings. The predicted octanol–water partition coefficient (Wildman–Crippen LogP) is 2.59. The zero-order valence-electron chi connectivity index (χ0n) is 13.0. The van der Waals surface area contributed by atoms with Gasteiger partial charge in [-0.2, -0.15) is 5.10 Å². The van der Waals surface area contributed by atoms with Crippen LogP contribution in [0.15, 0.2) is 12.3 Å². The van der Waals surface area contributed by atoms with E-state index in [-0.39, 0.29) is 6.03 Å². The first-order valence-electron chi connectivity index (χ1n) is 7.98. The quantitative estimate of drug-likeness (QED) is 0.911. The summed E-state index contributed by atoms with van der Waals surface area (Å²) in [4.78, 5) is 16.6. The summed E-state index contributed by atoms with van der Waals surface area (Å²) in [7, 11) is 1.87. The number of amides is 2. The van der Waals surface area contributed by atoms with Crippen molar-refractivity contribution in [2.45, 2.75) is 38.6 Å². The number of aryl methyl sites for hydroxylation is 2. The fraction of sp³-hybridized carbons (Fsp3) is 0.562. The Morgan fingerprint density at radius 3 is 2.64 bits per heavy atom. The maximum Gasteiger partial charge on any atom is 0.319 e. The Balaban J connectivity index is 1.47.